The third-order valence-corrected chi connectivity index (χ3v) is 8.01. The third kappa shape index (κ3) is 5.38. The zero-order valence-electron chi connectivity index (χ0n) is 21.0. The number of rotatable bonds is 5. The molecule has 1 amide bonds. The quantitative estimate of drug-likeness (QED) is 0.441. The maximum absolute atomic E-state index is 13.8. The Bertz CT molecular complexity index is 1160. The number of nitrogens with zero attached hydrogens (tertiary/aromatic N) is 2. The van der Waals surface area contributed by atoms with Crippen molar-refractivity contribution in [3.05, 3.63) is 71.7 Å². The van der Waals surface area contributed by atoms with Gasteiger partial charge in [0.2, 0.25) is 0 Å². The second-order valence-electron chi connectivity index (χ2n) is 10.3. The van der Waals surface area contributed by atoms with E-state index in [4.69, 9.17) is 4.84 Å². The van der Waals surface area contributed by atoms with Gasteiger partial charge in [-0.25, -0.2) is 9.18 Å². The molecule has 1 saturated carbocycles. The maximum atomic E-state index is 13.8. The van der Waals surface area contributed by atoms with Crippen LogP contribution in [0.1, 0.15) is 55.6 Å². The number of aromatic nitrogens is 1. The molecule has 2 heterocycles. The standard InChI is InChI=1S/C28H35FN4O2.ClH/c1-32(2)28(21-8-4-3-5-9-21)14-12-23(13-15-28)31-27(34)35-33-16-6-7-20(19-33)25-18-30-26-11-10-22(29)17-24(25)26;/h3-5,8-11,17-18,20,23,30H,6-7,12-16,19H2,1-2H3,(H,31,34);1H. The van der Waals surface area contributed by atoms with Crippen molar-refractivity contribution in [3.8, 4) is 0 Å². The van der Waals surface area contributed by atoms with Crippen molar-refractivity contribution < 1.29 is 14.0 Å². The summed E-state index contributed by atoms with van der Waals surface area (Å²) in [5.41, 5.74) is 3.35. The van der Waals surface area contributed by atoms with E-state index < -0.39 is 0 Å². The number of nitrogens with one attached hydrogen (secondary N) is 2. The van der Waals surface area contributed by atoms with Gasteiger partial charge in [0.15, 0.2) is 0 Å². The number of hydroxylamine groups is 2. The zero-order valence-corrected chi connectivity index (χ0v) is 21.8. The molecular weight excluding hydrogens is 479 g/mol. The average Bonchev–Trinajstić information content (AvgIpc) is 3.28. The van der Waals surface area contributed by atoms with Crippen molar-refractivity contribution in [2.45, 2.75) is 56.0 Å². The van der Waals surface area contributed by atoms with Crippen molar-refractivity contribution in [2.75, 3.05) is 27.2 Å². The van der Waals surface area contributed by atoms with Gasteiger partial charge in [-0.15, -0.1) is 17.5 Å². The molecule has 0 spiro atoms. The minimum atomic E-state index is -0.377. The van der Waals surface area contributed by atoms with Crippen molar-refractivity contribution in [1.82, 2.24) is 20.3 Å². The Balaban J connectivity index is 0.00000304. The van der Waals surface area contributed by atoms with Crippen LogP contribution in [0, 0.1) is 5.82 Å². The normalized spacial score (nSPS) is 24.9. The summed E-state index contributed by atoms with van der Waals surface area (Å²) in [5, 5.41) is 5.77. The summed E-state index contributed by atoms with van der Waals surface area (Å²) in [6.45, 7) is 1.32. The lowest BCUT2D eigenvalue weighted by Gasteiger charge is -2.45. The van der Waals surface area contributed by atoms with E-state index in [1.54, 1.807) is 17.2 Å². The van der Waals surface area contributed by atoms with Crippen LogP contribution >= 0.6 is 12.4 Å². The van der Waals surface area contributed by atoms with Gasteiger partial charge in [0, 0.05) is 47.7 Å². The Hall–Kier alpha value is -2.61. The van der Waals surface area contributed by atoms with E-state index >= 15 is 0 Å². The van der Waals surface area contributed by atoms with Gasteiger partial charge < -0.3 is 15.1 Å². The smallest absolute Gasteiger partial charge is 0.361 e. The summed E-state index contributed by atoms with van der Waals surface area (Å²) < 4.78 is 13.8. The molecule has 8 heteroatoms. The molecule has 0 bridgehead atoms. The predicted octanol–water partition coefficient (Wildman–Crippen LogP) is 5.95. The Kier molecular flexibility index (Phi) is 8.23. The lowest BCUT2D eigenvalue weighted by Crippen LogP contribution is -2.49. The lowest BCUT2D eigenvalue weighted by atomic mass is 9.74. The third-order valence-electron chi connectivity index (χ3n) is 8.01. The number of H-pyrrole nitrogens is 1. The number of carbonyl (C=O) groups is 1. The van der Waals surface area contributed by atoms with Gasteiger partial charge in [-0.05, 0) is 81.9 Å². The van der Waals surface area contributed by atoms with Gasteiger partial charge in [-0.3, -0.25) is 4.90 Å². The molecule has 5 rings (SSSR count). The van der Waals surface area contributed by atoms with Crippen LogP contribution in [0.2, 0.25) is 0 Å². The molecule has 2 aromatic carbocycles. The van der Waals surface area contributed by atoms with E-state index in [1.165, 1.54) is 11.6 Å². The van der Waals surface area contributed by atoms with Crippen LogP contribution in [0.4, 0.5) is 9.18 Å². The van der Waals surface area contributed by atoms with E-state index in [2.05, 4.69) is 59.6 Å². The van der Waals surface area contributed by atoms with Gasteiger partial charge in [-0.1, -0.05) is 30.3 Å². The summed E-state index contributed by atoms with van der Waals surface area (Å²) in [6.07, 6.45) is 7.28. The average molecular weight is 515 g/mol. The molecule has 1 saturated heterocycles. The molecule has 3 aromatic rings. The van der Waals surface area contributed by atoms with E-state index in [9.17, 15) is 9.18 Å². The van der Waals surface area contributed by atoms with Gasteiger partial charge in [0.1, 0.15) is 5.82 Å². The minimum Gasteiger partial charge on any atom is -0.361 e. The van der Waals surface area contributed by atoms with Crippen LogP contribution in [-0.4, -0.2) is 54.3 Å². The number of halogens is 2. The minimum absolute atomic E-state index is 0. The fourth-order valence-corrected chi connectivity index (χ4v) is 6.02. The Morgan fingerprint density at radius 1 is 1.14 bits per heavy atom. The first-order valence-electron chi connectivity index (χ1n) is 12.7. The van der Waals surface area contributed by atoms with Gasteiger partial charge >= 0.3 is 6.09 Å². The van der Waals surface area contributed by atoms with Crippen molar-refractivity contribution >= 4 is 29.4 Å². The molecular formula is C28H36ClFN4O2. The molecule has 36 heavy (non-hydrogen) atoms. The Labute approximate surface area is 218 Å². The highest BCUT2D eigenvalue weighted by Crippen LogP contribution is 2.41. The summed E-state index contributed by atoms with van der Waals surface area (Å²) in [6, 6.07) is 15.6. The highest BCUT2D eigenvalue weighted by Gasteiger charge is 2.39. The number of hydrogen-bond acceptors (Lipinski definition) is 4. The van der Waals surface area contributed by atoms with Crippen LogP contribution in [0.3, 0.4) is 0 Å². The largest absolute Gasteiger partial charge is 0.426 e. The molecule has 1 unspecified atom stereocenters. The summed E-state index contributed by atoms with van der Waals surface area (Å²) in [7, 11) is 4.29. The van der Waals surface area contributed by atoms with E-state index in [1.807, 2.05) is 6.20 Å². The van der Waals surface area contributed by atoms with Crippen LogP contribution in [0.25, 0.3) is 10.9 Å². The molecule has 1 atom stereocenters. The molecule has 2 aliphatic rings. The molecule has 2 N–H and O–H groups in total. The molecule has 1 aromatic heterocycles. The topological polar surface area (TPSA) is 60.6 Å². The molecule has 6 nitrogen and oxygen atoms in total. The van der Waals surface area contributed by atoms with Crippen LogP contribution in [0.5, 0.6) is 0 Å². The van der Waals surface area contributed by atoms with Gasteiger partial charge in [-0.2, -0.15) is 0 Å². The summed E-state index contributed by atoms with van der Waals surface area (Å²) >= 11 is 0. The second kappa shape index (κ2) is 11.2. The van der Waals surface area contributed by atoms with E-state index in [0.717, 1.165) is 55.0 Å². The highest BCUT2D eigenvalue weighted by atomic mass is 35.5. The fraction of sp³-hybridized carbons (Fsp3) is 0.464. The zero-order chi connectivity index (χ0) is 24.4. The van der Waals surface area contributed by atoms with E-state index in [-0.39, 0.29) is 41.8 Å². The second-order valence-corrected chi connectivity index (χ2v) is 10.3. The first kappa shape index (κ1) is 26.5. The van der Waals surface area contributed by atoms with Crippen molar-refractivity contribution in [2.24, 2.45) is 0 Å². The highest BCUT2D eigenvalue weighted by molar-refractivity contribution is 5.85. The number of aromatic amines is 1. The first-order valence-corrected chi connectivity index (χ1v) is 12.7. The fourth-order valence-electron chi connectivity index (χ4n) is 6.02. The number of benzene rings is 2. The van der Waals surface area contributed by atoms with E-state index in [0.29, 0.717) is 13.1 Å². The number of amides is 1. The van der Waals surface area contributed by atoms with Crippen LogP contribution in [0.15, 0.2) is 54.7 Å². The maximum Gasteiger partial charge on any atom is 0.426 e. The molecule has 194 valence electrons. The monoisotopic (exact) mass is 514 g/mol. The van der Waals surface area contributed by atoms with Gasteiger partial charge in [0.05, 0.1) is 0 Å². The van der Waals surface area contributed by atoms with Gasteiger partial charge in [0.25, 0.3) is 0 Å². The number of hydrogen-bond donors (Lipinski definition) is 2. The predicted molar refractivity (Wildman–Crippen MR) is 143 cm³/mol. The van der Waals surface area contributed by atoms with Crippen molar-refractivity contribution in [3.63, 3.8) is 0 Å². The van der Waals surface area contributed by atoms with Crippen LogP contribution in [-0.2, 0) is 10.4 Å². The van der Waals surface area contributed by atoms with Crippen molar-refractivity contribution in [1.29, 1.82) is 0 Å². The summed E-state index contributed by atoms with van der Waals surface area (Å²) in [4.78, 5) is 24.0. The van der Waals surface area contributed by atoms with Crippen LogP contribution < -0.4 is 5.32 Å². The Morgan fingerprint density at radius 3 is 2.61 bits per heavy atom. The SMILES string of the molecule is CN(C)C1(c2ccccc2)CCC(NC(=O)ON2CCCC(c3c[nH]c4ccc(F)cc34)C2)CC1.Cl. The molecule has 1 aliphatic carbocycles. The first-order chi connectivity index (χ1) is 16.9. The number of fused-ring (bicyclic) bond motifs is 1. The Morgan fingerprint density at radius 2 is 1.89 bits per heavy atom. The summed E-state index contributed by atoms with van der Waals surface area (Å²) in [5.74, 6) is -0.0481. The number of carbonyl (C=O) groups excluding carboxylic acids is 1. The molecule has 1 aliphatic heterocycles. The number of piperidine rings is 1. The lowest BCUT2D eigenvalue weighted by molar-refractivity contribution is -0.116. The molecule has 2 fully saturated rings. The molecule has 0 radical (unpaired) electrons.